The lowest BCUT2D eigenvalue weighted by atomic mass is 10.0. The van der Waals surface area contributed by atoms with Gasteiger partial charge >= 0.3 is 0 Å². The number of hydrogen-bond donors (Lipinski definition) is 0. The fourth-order valence-corrected chi connectivity index (χ4v) is 7.20. The van der Waals surface area contributed by atoms with E-state index in [4.69, 9.17) is 0 Å². The van der Waals surface area contributed by atoms with Crippen molar-refractivity contribution in [2.24, 2.45) is 0 Å². The fraction of sp³-hybridized carbons (Fsp3) is 0.235. The summed E-state index contributed by atoms with van der Waals surface area (Å²) < 4.78 is 57.3. The highest BCUT2D eigenvalue weighted by molar-refractivity contribution is 7.98. The Hall–Kier alpha value is -5.22. The lowest BCUT2D eigenvalue weighted by Crippen LogP contribution is -2.17. The summed E-state index contributed by atoms with van der Waals surface area (Å²) in [5.41, 5.74) is 4.30. The van der Waals surface area contributed by atoms with E-state index in [1.54, 1.807) is 38.4 Å². The third-order valence-corrected chi connectivity index (χ3v) is 9.90. The Kier molecular flexibility index (Phi) is 8.82. The average molecular weight is 717 g/mol. The summed E-state index contributed by atoms with van der Waals surface area (Å²) in [4.78, 5) is 42.5. The van der Waals surface area contributed by atoms with E-state index < -0.39 is 15.7 Å². The van der Waals surface area contributed by atoms with Gasteiger partial charge in [-0.3, -0.25) is 19.0 Å². The average Bonchev–Trinajstić information content (AvgIpc) is 3.90. The van der Waals surface area contributed by atoms with Crippen LogP contribution in [0, 0.1) is 11.6 Å². The number of rotatable bonds is 6. The summed E-state index contributed by atoms with van der Waals surface area (Å²) >= 11 is 1.46. The second kappa shape index (κ2) is 13.2. The van der Waals surface area contributed by atoms with Crippen LogP contribution in [0.2, 0.25) is 0 Å². The number of nitrogens with zero attached hydrogens (tertiary/aromatic N) is 8. The molecule has 0 saturated carbocycles. The molecular formula is C34H30F2N8O4S2. The molecule has 0 radical (unpaired) electrons. The zero-order valence-electron chi connectivity index (χ0n) is 27.0. The molecule has 0 bridgehead atoms. The summed E-state index contributed by atoms with van der Waals surface area (Å²) in [5.74, 6) is -0.720. The van der Waals surface area contributed by atoms with E-state index in [-0.39, 0.29) is 22.1 Å². The molecule has 0 unspecified atom stereocenters. The minimum Gasteiger partial charge on any atom is -0.280 e. The van der Waals surface area contributed by atoms with Crippen LogP contribution >= 0.6 is 11.8 Å². The SMILES string of the molecule is CS(=O)(=O)c1nccc(-c2c(-c3ccc(F)cc3)c(=O)n3n2CCC3)n1.CSc1nccc(-c2c(-c3ccc(F)cc3)c(=O)n3n2CCC3)n1. The Morgan fingerprint density at radius 1 is 0.640 bits per heavy atom. The van der Waals surface area contributed by atoms with Crippen LogP contribution in [-0.2, 0) is 36.0 Å². The summed E-state index contributed by atoms with van der Waals surface area (Å²) in [6.07, 6.45) is 7.73. The number of benzene rings is 2. The van der Waals surface area contributed by atoms with Gasteiger partial charge in [0.15, 0.2) is 5.16 Å². The van der Waals surface area contributed by atoms with Gasteiger partial charge in [0.25, 0.3) is 11.1 Å². The molecule has 6 aromatic rings. The first-order chi connectivity index (χ1) is 24.0. The zero-order chi connectivity index (χ0) is 35.2. The van der Waals surface area contributed by atoms with Crippen LogP contribution in [0.1, 0.15) is 12.8 Å². The van der Waals surface area contributed by atoms with Crippen molar-refractivity contribution in [3.8, 4) is 45.0 Å². The Morgan fingerprint density at radius 3 is 1.54 bits per heavy atom. The minimum atomic E-state index is -3.59. The largest absolute Gasteiger partial charge is 0.280 e. The first kappa shape index (κ1) is 33.3. The van der Waals surface area contributed by atoms with Gasteiger partial charge in [0, 0.05) is 44.8 Å². The number of fused-ring (bicyclic) bond motifs is 2. The molecule has 0 amide bonds. The first-order valence-corrected chi connectivity index (χ1v) is 18.8. The van der Waals surface area contributed by atoms with Crippen molar-refractivity contribution < 1.29 is 17.2 Å². The predicted octanol–water partition coefficient (Wildman–Crippen LogP) is 4.76. The zero-order valence-corrected chi connectivity index (χ0v) is 28.6. The van der Waals surface area contributed by atoms with E-state index in [0.717, 1.165) is 31.3 Å². The van der Waals surface area contributed by atoms with Gasteiger partial charge in [0.05, 0.1) is 33.9 Å². The summed E-state index contributed by atoms with van der Waals surface area (Å²) in [6.45, 7) is 2.64. The lowest BCUT2D eigenvalue weighted by Gasteiger charge is -2.08. The van der Waals surface area contributed by atoms with E-state index in [2.05, 4.69) is 19.9 Å². The highest BCUT2D eigenvalue weighted by Gasteiger charge is 2.28. The third kappa shape index (κ3) is 6.08. The van der Waals surface area contributed by atoms with Gasteiger partial charge in [0.1, 0.15) is 11.6 Å². The molecule has 0 aliphatic carbocycles. The van der Waals surface area contributed by atoms with Crippen molar-refractivity contribution in [1.82, 2.24) is 38.7 Å². The van der Waals surface area contributed by atoms with Crippen molar-refractivity contribution >= 4 is 21.6 Å². The Morgan fingerprint density at radius 2 is 1.08 bits per heavy atom. The van der Waals surface area contributed by atoms with Crippen molar-refractivity contribution in [1.29, 1.82) is 0 Å². The van der Waals surface area contributed by atoms with Crippen LogP contribution in [0.3, 0.4) is 0 Å². The highest BCUT2D eigenvalue weighted by atomic mass is 32.2. The Labute approximate surface area is 289 Å². The molecule has 0 spiro atoms. The summed E-state index contributed by atoms with van der Waals surface area (Å²) in [7, 11) is -3.59. The van der Waals surface area contributed by atoms with Crippen LogP contribution in [-0.4, -0.2) is 59.6 Å². The molecule has 256 valence electrons. The van der Waals surface area contributed by atoms with Crippen LogP contribution < -0.4 is 11.1 Å². The van der Waals surface area contributed by atoms with Gasteiger partial charge in [0.2, 0.25) is 15.0 Å². The second-order valence-corrected chi connectivity index (χ2v) is 14.4. The van der Waals surface area contributed by atoms with Crippen LogP contribution in [0.15, 0.2) is 93.0 Å². The van der Waals surface area contributed by atoms with Crippen molar-refractivity contribution in [2.75, 3.05) is 12.5 Å². The van der Waals surface area contributed by atoms with Crippen LogP contribution in [0.4, 0.5) is 8.78 Å². The molecule has 16 heteroatoms. The van der Waals surface area contributed by atoms with E-state index in [1.807, 2.05) is 17.0 Å². The van der Waals surface area contributed by atoms with Crippen molar-refractivity contribution in [2.45, 2.75) is 49.3 Å². The van der Waals surface area contributed by atoms with Gasteiger partial charge in [-0.25, -0.2) is 46.5 Å². The van der Waals surface area contributed by atoms with E-state index in [1.165, 1.54) is 54.4 Å². The van der Waals surface area contributed by atoms with Gasteiger partial charge in [-0.1, -0.05) is 36.0 Å². The summed E-state index contributed by atoms with van der Waals surface area (Å²) in [5, 5.41) is 0.356. The predicted molar refractivity (Wildman–Crippen MR) is 184 cm³/mol. The fourth-order valence-electron chi connectivity index (χ4n) is 6.33. The molecule has 4 aromatic heterocycles. The molecule has 2 aromatic carbocycles. The monoisotopic (exact) mass is 716 g/mol. The molecule has 0 saturated heterocycles. The lowest BCUT2D eigenvalue weighted by molar-refractivity contribution is 0.590. The topological polar surface area (TPSA) is 140 Å². The van der Waals surface area contributed by atoms with Crippen LogP contribution in [0.5, 0.6) is 0 Å². The molecule has 0 atom stereocenters. The maximum Gasteiger partial charge on any atom is 0.275 e. The minimum absolute atomic E-state index is 0.0570. The second-order valence-electron chi connectivity index (χ2n) is 11.7. The number of aromatic nitrogens is 8. The van der Waals surface area contributed by atoms with E-state index in [9.17, 15) is 26.8 Å². The van der Waals surface area contributed by atoms with Gasteiger partial charge in [-0.2, -0.15) is 0 Å². The number of thioether (sulfide) groups is 1. The quantitative estimate of drug-likeness (QED) is 0.176. The molecule has 0 fully saturated rings. The normalized spacial score (nSPS) is 13.5. The smallest absolute Gasteiger partial charge is 0.275 e. The molecule has 2 aliphatic rings. The highest BCUT2D eigenvalue weighted by Crippen LogP contribution is 2.33. The number of sulfone groups is 1. The first-order valence-electron chi connectivity index (χ1n) is 15.6. The third-order valence-electron chi connectivity index (χ3n) is 8.48. The summed E-state index contributed by atoms with van der Waals surface area (Å²) in [6, 6.07) is 15.1. The molecule has 0 N–H and O–H groups in total. The molecule has 12 nitrogen and oxygen atoms in total. The maximum absolute atomic E-state index is 13.3. The molecule has 8 rings (SSSR count). The molecule has 2 aliphatic heterocycles. The molecular weight excluding hydrogens is 687 g/mol. The van der Waals surface area contributed by atoms with Gasteiger partial charge in [-0.05, 0) is 66.6 Å². The van der Waals surface area contributed by atoms with E-state index >= 15 is 0 Å². The number of halogens is 2. The van der Waals surface area contributed by atoms with Gasteiger partial charge in [-0.15, -0.1) is 0 Å². The molecule has 50 heavy (non-hydrogen) atoms. The maximum atomic E-state index is 13.3. The van der Waals surface area contributed by atoms with Crippen molar-refractivity contribution in [3.05, 3.63) is 105 Å². The Bertz CT molecular complexity index is 2470. The molecule has 6 heterocycles. The number of hydrogen-bond acceptors (Lipinski definition) is 9. The van der Waals surface area contributed by atoms with Crippen LogP contribution in [0.25, 0.3) is 45.0 Å². The standard InChI is InChI=1S/C17H15FN4O3S.C17H15FN4OS/c1-26(24,25)17-19-8-7-13(20-17)15-14(11-3-5-12(18)6-4-11)16(23)22-10-2-9-21(15)22;1-24-17-19-8-7-13(20-17)15-14(11-3-5-12(18)6-4-11)16(23)22-10-2-9-21(15)22/h3-8H,2,9-10H2,1H3;3-8H,2,9-10H2,1H3. The van der Waals surface area contributed by atoms with Gasteiger partial charge < -0.3 is 0 Å². The van der Waals surface area contributed by atoms with Crippen molar-refractivity contribution in [3.63, 3.8) is 0 Å². The Balaban J connectivity index is 0.000000157. The van der Waals surface area contributed by atoms with E-state index in [0.29, 0.717) is 64.1 Å².